The summed E-state index contributed by atoms with van der Waals surface area (Å²) in [5.74, 6) is -1.03. The molecule has 124 valence electrons. The van der Waals surface area contributed by atoms with Gasteiger partial charge in [-0.05, 0) is 37.8 Å². The van der Waals surface area contributed by atoms with E-state index < -0.39 is 24.0 Å². The zero-order valence-electron chi connectivity index (χ0n) is 12.7. The quantitative estimate of drug-likeness (QED) is 0.204. The average Bonchev–Trinajstić information content (AvgIpc) is 2.36. The van der Waals surface area contributed by atoms with Crippen LogP contribution in [-0.4, -0.2) is 90.5 Å². The summed E-state index contributed by atoms with van der Waals surface area (Å²) < 4.78 is 0. The first-order valence-corrected chi connectivity index (χ1v) is 7.41. The van der Waals surface area contributed by atoms with Crippen molar-refractivity contribution < 1.29 is 19.8 Å². The Kier molecular flexibility index (Phi) is 29.6. The molecular weight excluding hydrogens is 341 g/mol. The van der Waals surface area contributed by atoms with Crippen molar-refractivity contribution in [2.24, 2.45) is 17.2 Å². The summed E-state index contributed by atoms with van der Waals surface area (Å²) in [7, 11) is 0. The number of thioether (sulfide) groups is 1. The van der Waals surface area contributed by atoms with E-state index in [2.05, 4.69) is 0 Å². The number of aliphatic carboxylic acids is 2. The van der Waals surface area contributed by atoms with E-state index in [4.69, 9.17) is 27.4 Å². The van der Waals surface area contributed by atoms with Crippen molar-refractivity contribution in [3.63, 3.8) is 0 Å². The van der Waals surface area contributed by atoms with E-state index in [0.29, 0.717) is 19.4 Å². The summed E-state index contributed by atoms with van der Waals surface area (Å²) in [5.41, 5.74) is 15.6. The van der Waals surface area contributed by atoms with Gasteiger partial charge in [0.05, 0.1) is 0 Å². The molecule has 0 heterocycles. The van der Waals surface area contributed by atoms with Gasteiger partial charge in [0.1, 0.15) is 12.1 Å². The van der Waals surface area contributed by atoms with Gasteiger partial charge in [0.15, 0.2) is 0 Å². The van der Waals surface area contributed by atoms with Crippen LogP contribution in [0, 0.1) is 0 Å². The van der Waals surface area contributed by atoms with Crippen LogP contribution >= 0.6 is 21.7 Å². The van der Waals surface area contributed by atoms with Gasteiger partial charge < -0.3 is 27.4 Å². The number of hydrogen-bond donors (Lipinski definition) is 5. The Morgan fingerprint density at radius 1 is 1.05 bits per heavy atom. The van der Waals surface area contributed by atoms with Crippen LogP contribution in [0.1, 0.15) is 25.7 Å². The first kappa shape index (κ1) is 29.8. The molecule has 2 radical (unpaired) electrons. The van der Waals surface area contributed by atoms with E-state index in [-0.39, 0.29) is 47.6 Å². The molecule has 0 aliphatic heterocycles. The monoisotopic (exact) mass is 369 g/mol. The number of carbonyl (C=O) groups is 2. The molecule has 3 atom stereocenters. The SMILES string of the molecule is CSCC[C@H](N)C(=O)O.NCCCC[C@H](N)C(=O)O.P.[Ca]. The fourth-order valence-electron chi connectivity index (χ4n) is 1.00. The zero-order chi connectivity index (χ0) is 15.3. The summed E-state index contributed by atoms with van der Waals surface area (Å²) >= 11 is 1.60. The summed E-state index contributed by atoms with van der Waals surface area (Å²) in [4.78, 5) is 20.2. The maximum Gasteiger partial charge on any atom is 0.320 e. The van der Waals surface area contributed by atoms with Gasteiger partial charge in [-0.3, -0.25) is 9.59 Å². The largest absolute Gasteiger partial charge is 0.480 e. The van der Waals surface area contributed by atoms with Gasteiger partial charge in [-0.2, -0.15) is 21.7 Å². The van der Waals surface area contributed by atoms with Crippen molar-refractivity contribution in [2.45, 2.75) is 37.8 Å². The molecule has 0 aromatic heterocycles. The average molecular weight is 369 g/mol. The van der Waals surface area contributed by atoms with Crippen LogP contribution in [-0.2, 0) is 9.59 Å². The summed E-state index contributed by atoms with van der Waals surface area (Å²) in [6.07, 6.45) is 4.64. The molecule has 0 saturated carbocycles. The van der Waals surface area contributed by atoms with Crippen molar-refractivity contribution in [2.75, 3.05) is 18.6 Å². The molecule has 1 unspecified atom stereocenters. The van der Waals surface area contributed by atoms with E-state index >= 15 is 0 Å². The summed E-state index contributed by atoms with van der Waals surface area (Å²) in [6.45, 7) is 0.604. The van der Waals surface area contributed by atoms with E-state index in [1.165, 1.54) is 0 Å². The van der Waals surface area contributed by atoms with Crippen LogP contribution < -0.4 is 17.2 Å². The van der Waals surface area contributed by atoms with Crippen LogP contribution in [0.15, 0.2) is 0 Å². The smallest absolute Gasteiger partial charge is 0.320 e. The molecule has 0 bridgehead atoms. The van der Waals surface area contributed by atoms with Crippen molar-refractivity contribution in [1.82, 2.24) is 0 Å². The number of hydrogen-bond acceptors (Lipinski definition) is 6. The minimum absolute atomic E-state index is 0. The van der Waals surface area contributed by atoms with Crippen LogP contribution in [0.4, 0.5) is 0 Å². The number of unbranched alkanes of at least 4 members (excludes halogenated alkanes) is 1. The predicted molar refractivity (Wildman–Crippen MR) is 94.0 cm³/mol. The Labute approximate surface area is 163 Å². The van der Waals surface area contributed by atoms with E-state index in [1.54, 1.807) is 11.8 Å². The third kappa shape index (κ3) is 23.3. The first-order valence-electron chi connectivity index (χ1n) is 6.02. The molecule has 0 aromatic carbocycles. The predicted octanol–water partition coefficient (Wildman–Crippen LogP) is -0.644. The molecule has 10 heteroatoms. The number of carboxylic acid groups (broad SMARTS) is 2. The molecular formula is C11H28CaN3O4PS. The Morgan fingerprint density at radius 2 is 1.48 bits per heavy atom. The summed E-state index contributed by atoms with van der Waals surface area (Å²) in [5, 5.41) is 16.6. The fourth-order valence-corrected chi connectivity index (χ4v) is 1.49. The molecule has 0 aliphatic rings. The van der Waals surface area contributed by atoms with Crippen molar-refractivity contribution >= 4 is 71.3 Å². The second-order valence-electron chi connectivity index (χ2n) is 3.96. The molecule has 0 fully saturated rings. The molecule has 8 N–H and O–H groups in total. The molecule has 0 amide bonds. The Morgan fingerprint density at radius 3 is 1.81 bits per heavy atom. The topological polar surface area (TPSA) is 153 Å². The van der Waals surface area contributed by atoms with Crippen molar-refractivity contribution in [1.29, 1.82) is 0 Å². The van der Waals surface area contributed by atoms with Gasteiger partial charge in [0, 0.05) is 37.7 Å². The minimum atomic E-state index is -0.933. The Hall–Kier alpha value is 0.860. The molecule has 0 aliphatic carbocycles. The Balaban J connectivity index is -0.000000126. The van der Waals surface area contributed by atoms with E-state index in [9.17, 15) is 9.59 Å². The zero-order valence-corrected chi connectivity index (χ0v) is 17.1. The number of carboxylic acids is 2. The first-order chi connectivity index (χ1) is 8.86. The molecule has 0 spiro atoms. The maximum absolute atomic E-state index is 10.1. The van der Waals surface area contributed by atoms with Gasteiger partial charge in [-0.1, -0.05) is 6.42 Å². The molecule has 0 rings (SSSR count). The number of nitrogens with two attached hydrogens (primary N) is 3. The minimum Gasteiger partial charge on any atom is -0.480 e. The van der Waals surface area contributed by atoms with Crippen LogP contribution in [0.3, 0.4) is 0 Å². The Bertz CT molecular complexity index is 266. The van der Waals surface area contributed by atoms with Gasteiger partial charge in [-0.25, -0.2) is 0 Å². The molecule has 0 saturated heterocycles. The molecule has 21 heavy (non-hydrogen) atoms. The standard InChI is InChI=1S/C6H14N2O2.C5H11NO2S.Ca.H3P/c7-4-2-1-3-5(8)6(9)10;1-9-3-2-4(6)5(7)8;;/h5H,1-4,7-8H2,(H,9,10);4H,2-3,6H2,1H3,(H,7,8);;1H3/t5-;4-;;/m00../s1. The van der Waals surface area contributed by atoms with Crippen LogP contribution in [0.5, 0.6) is 0 Å². The second-order valence-corrected chi connectivity index (χ2v) is 4.94. The fraction of sp³-hybridized carbons (Fsp3) is 0.818. The molecule has 7 nitrogen and oxygen atoms in total. The maximum atomic E-state index is 10.1. The van der Waals surface area contributed by atoms with Gasteiger partial charge >= 0.3 is 11.9 Å². The third-order valence-electron chi connectivity index (χ3n) is 2.24. The molecule has 0 aromatic rings. The van der Waals surface area contributed by atoms with Gasteiger partial charge in [-0.15, -0.1) is 0 Å². The van der Waals surface area contributed by atoms with Crippen LogP contribution in [0.25, 0.3) is 0 Å². The van der Waals surface area contributed by atoms with Crippen molar-refractivity contribution in [3.05, 3.63) is 0 Å². The second kappa shape index (κ2) is 20.9. The van der Waals surface area contributed by atoms with Gasteiger partial charge in [0.25, 0.3) is 0 Å². The normalized spacial score (nSPS) is 11.8. The number of rotatable bonds is 9. The van der Waals surface area contributed by atoms with Gasteiger partial charge in [0.2, 0.25) is 0 Å². The van der Waals surface area contributed by atoms with Crippen LogP contribution in [0.2, 0.25) is 0 Å². The third-order valence-corrected chi connectivity index (χ3v) is 2.88. The van der Waals surface area contributed by atoms with Crippen molar-refractivity contribution in [3.8, 4) is 0 Å². The van der Waals surface area contributed by atoms with E-state index in [0.717, 1.165) is 18.6 Å². The van der Waals surface area contributed by atoms with E-state index in [1.807, 2.05) is 6.26 Å². The summed E-state index contributed by atoms with van der Waals surface area (Å²) in [6, 6.07) is -1.40.